The number of nitrogens with two attached hydrogens (primary N) is 1. The number of aliphatic hydroxyl groups excluding tert-OH is 2. The molecule has 0 aromatic rings. The molecule has 0 aliphatic heterocycles. The largest absolute Gasteiger partial charge is 0.393 e. The first-order valence-electron chi connectivity index (χ1n) is 10.6. The van der Waals surface area contributed by atoms with E-state index >= 15 is 0 Å². The van der Waals surface area contributed by atoms with Crippen LogP contribution in [0.4, 0.5) is 0 Å². The Morgan fingerprint density at radius 3 is 2.40 bits per heavy atom. The molecular weight excluding hydrogens is 314 g/mol. The third-order valence-corrected chi connectivity index (χ3v) is 9.05. The minimum Gasteiger partial charge on any atom is -0.393 e. The Kier molecular flexibility index (Phi) is 4.71. The molecule has 4 aliphatic rings. The van der Waals surface area contributed by atoms with Gasteiger partial charge in [0.1, 0.15) is 0 Å². The first kappa shape index (κ1) is 18.2. The highest BCUT2D eigenvalue weighted by Crippen LogP contribution is 2.66. The van der Waals surface area contributed by atoms with Crippen molar-refractivity contribution < 1.29 is 14.9 Å². The lowest BCUT2D eigenvalue weighted by Gasteiger charge is -2.62. The molecule has 0 spiro atoms. The van der Waals surface area contributed by atoms with E-state index in [1.807, 2.05) is 0 Å². The smallest absolute Gasteiger partial charge is 0.0596 e. The minimum atomic E-state index is -0.212. The fourth-order valence-corrected chi connectivity index (χ4v) is 7.62. The molecule has 4 saturated carbocycles. The maximum atomic E-state index is 11.1. The number of hydrogen-bond acceptors (Lipinski definition) is 4. The molecule has 4 fully saturated rings. The maximum Gasteiger partial charge on any atom is 0.0596 e. The molecule has 4 N–H and O–H groups in total. The molecule has 0 heterocycles. The molecule has 0 amide bonds. The Morgan fingerprint density at radius 1 is 0.920 bits per heavy atom. The van der Waals surface area contributed by atoms with Gasteiger partial charge in [0.25, 0.3) is 0 Å². The molecule has 144 valence electrons. The standard InChI is InChI=1S/C21H37NO3/c1-20-7-5-13(25-10-9-22)11-17(20)18(23)12-14-15-3-4-19(24)21(15,2)8-6-16(14)20/h13-19,23-24H,3-12,22H2,1-2H3/t13-,14-,15-,16-,17+,18+,19-,20+,21-/m0/s1. The maximum absolute atomic E-state index is 11.1. The van der Waals surface area contributed by atoms with Gasteiger partial charge in [-0.15, -0.1) is 0 Å². The quantitative estimate of drug-likeness (QED) is 0.731. The van der Waals surface area contributed by atoms with E-state index in [2.05, 4.69) is 13.8 Å². The van der Waals surface area contributed by atoms with Crippen LogP contribution in [0.1, 0.15) is 65.2 Å². The number of rotatable bonds is 3. The second-order valence-electron chi connectivity index (χ2n) is 9.99. The zero-order chi connectivity index (χ0) is 17.8. The molecular formula is C21H37NO3. The molecule has 0 bridgehead atoms. The van der Waals surface area contributed by atoms with E-state index in [9.17, 15) is 10.2 Å². The van der Waals surface area contributed by atoms with Crippen LogP contribution < -0.4 is 5.73 Å². The molecule has 4 heteroatoms. The van der Waals surface area contributed by atoms with Gasteiger partial charge in [0.2, 0.25) is 0 Å². The summed E-state index contributed by atoms with van der Waals surface area (Å²) in [5.41, 5.74) is 5.92. The van der Waals surface area contributed by atoms with Crippen molar-refractivity contribution in [2.45, 2.75) is 83.5 Å². The Morgan fingerprint density at radius 2 is 1.64 bits per heavy atom. The third kappa shape index (κ3) is 2.70. The average Bonchev–Trinajstić information content (AvgIpc) is 2.89. The topological polar surface area (TPSA) is 75.7 Å². The van der Waals surface area contributed by atoms with Crippen molar-refractivity contribution in [1.29, 1.82) is 0 Å². The third-order valence-electron chi connectivity index (χ3n) is 9.05. The van der Waals surface area contributed by atoms with E-state index in [-0.39, 0.29) is 29.1 Å². The van der Waals surface area contributed by atoms with Crippen LogP contribution in [-0.2, 0) is 4.74 Å². The van der Waals surface area contributed by atoms with Gasteiger partial charge in [-0.25, -0.2) is 0 Å². The molecule has 25 heavy (non-hydrogen) atoms. The summed E-state index contributed by atoms with van der Waals surface area (Å²) in [7, 11) is 0. The van der Waals surface area contributed by atoms with Crippen LogP contribution in [0.3, 0.4) is 0 Å². The van der Waals surface area contributed by atoms with Crippen molar-refractivity contribution in [3.8, 4) is 0 Å². The summed E-state index contributed by atoms with van der Waals surface area (Å²) in [5.74, 6) is 2.26. The van der Waals surface area contributed by atoms with Crippen molar-refractivity contribution >= 4 is 0 Å². The highest BCUT2D eigenvalue weighted by molar-refractivity contribution is 5.11. The summed E-state index contributed by atoms with van der Waals surface area (Å²) in [6.07, 6.45) is 8.60. The van der Waals surface area contributed by atoms with E-state index in [0.717, 1.165) is 44.9 Å². The Hall–Kier alpha value is -0.160. The van der Waals surface area contributed by atoms with E-state index in [4.69, 9.17) is 10.5 Å². The highest BCUT2D eigenvalue weighted by Gasteiger charge is 2.61. The van der Waals surface area contributed by atoms with E-state index in [0.29, 0.717) is 36.8 Å². The Balaban J connectivity index is 1.55. The summed E-state index contributed by atoms with van der Waals surface area (Å²) < 4.78 is 5.94. The fraction of sp³-hybridized carbons (Fsp3) is 1.00. The van der Waals surface area contributed by atoms with Crippen LogP contribution in [0.2, 0.25) is 0 Å². The summed E-state index contributed by atoms with van der Waals surface area (Å²) in [6, 6.07) is 0. The predicted octanol–water partition coefficient (Wildman–Crippen LogP) is 2.70. The van der Waals surface area contributed by atoms with Gasteiger partial charge in [-0.1, -0.05) is 13.8 Å². The lowest BCUT2D eigenvalue weighted by molar-refractivity contribution is -0.179. The normalized spacial score (nSPS) is 55.3. The first-order valence-corrected chi connectivity index (χ1v) is 10.6. The van der Waals surface area contributed by atoms with Crippen molar-refractivity contribution in [2.24, 2.45) is 40.2 Å². The Bertz CT molecular complexity index is 500. The monoisotopic (exact) mass is 351 g/mol. The van der Waals surface area contributed by atoms with Gasteiger partial charge in [-0.05, 0) is 85.9 Å². The van der Waals surface area contributed by atoms with Crippen LogP contribution in [0.25, 0.3) is 0 Å². The van der Waals surface area contributed by atoms with E-state index < -0.39 is 0 Å². The molecule has 0 aromatic carbocycles. The first-order chi connectivity index (χ1) is 11.9. The molecule has 4 nitrogen and oxygen atoms in total. The SMILES string of the molecule is C[C@]12CC[C@H](OCCN)C[C@@H]1[C@H](O)C[C@@H]1[C@@H]2CC[C@]2(C)[C@@H](O)CC[C@@H]12. The molecule has 4 aliphatic carbocycles. The van der Waals surface area contributed by atoms with Crippen LogP contribution in [0.5, 0.6) is 0 Å². The van der Waals surface area contributed by atoms with Crippen LogP contribution in [-0.4, -0.2) is 41.7 Å². The Labute approximate surface area is 152 Å². The summed E-state index contributed by atoms with van der Waals surface area (Å²) in [6.45, 7) is 5.97. The van der Waals surface area contributed by atoms with Crippen molar-refractivity contribution in [2.75, 3.05) is 13.2 Å². The van der Waals surface area contributed by atoms with E-state index in [1.54, 1.807) is 0 Å². The number of ether oxygens (including phenoxy) is 1. The predicted molar refractivity (Wildman–Crippen MR) is 97.9 cm³/mol. The van der Waals surface area contributed by atoms with Gasteiger partial charge in [0, 0.05) is 6.54 Å². The van der Waals surface area contributed by atoms with Crippen LogP contribution in [0.15, 0.2) is 0 Å². The number of aliphatic hydroxyl groups is 2. The molecule has 4 rings (SSSR count). The van der Waals surface area contributed by atoms with Gasteiger partial charge < -0.3 is 20.7 Å². The lowest BCUT2D eigenvalue weighted by Crippen LogP contribution is -2.58. The lowest BCUT2D eigenvalue weighted by atomic mass is 9.44. The summed E-state index contributed by atoms with van der Waals surface area (Å²) in [5, 5.41) is 21.6. The zero-order valence-electron chi connectivity index (χ0n) is 16.0. The van der Waals surface area contributed by atoms with Gasteiger partial charge in [-0.3, -0.25) is 0 Å². The second-order valence-corrected chi connectivity index (χ2v) is 9.99. The van der Waals surface area contributed by atoms with Gasteiger partial charge in [0.15, 0.2) is 0 Å². The van der Waals surface area contributed by atoms with Crippen molar-refractivity contribution in [3.63, 3.8) is 0 Å². The van der Waals surface area contributed by atoms with Crippen LogP contribution >= 0.6 is 0 Å². The summed E-state index contributed by atoms with van der Waals surface area (Å²) in [4.78, 5) is 0. The second kappa shape index (κ2) is 6.47. The molecule has 0 saturated heterocycles. The van der Waals surface area contributed by atoms with Crippen molar-refractivity contribution in [3.05, 3.63) is 0 Å². The zero-order valence-corrected chi connectivity index (χ0v) is 16.0. The molecule has 0 unspecified atom stereocenters. The van der Waals surface area contributed by atoms with E-state index in [1.165, 1.54) is 6.42 Å². The van der Waals surface area contributed by atoms with Gasteiger partial charge in [-0.2, -0.15) is 0 Å². The number of hydrogen-bond donors (Lipinski definition) is 3. The summed E-state index contributed by atoms with van der Waals surface area (Å²) >= 11 is 0. The van der Waals surface area contributed by atoms with Gasteiger partial charge >= 0.3 is 0 Å². The fourth-order valence-electron chi connectivity index (χ4n) is 7.62. The molecule has 9 atom stereocenters. The molecule has 0 radical (unpaired) electrons. The molecule has 0 aromatic heterocycles. The highest BCUT2D eigenvalue weighted by atomic mass is 16.5. The average molecular weight is 352 g/mol. The minimum absolute atomic E-state index is 0.0888. The number of fused-ring (bicyclic) bond motifs is 5. The van der Waals surface area contributed by atoms with Crippen molar-refractivity contribution in [1.82, 2.24) is 0 Å². The van der Waals surface area contributed by atoms with Gasteiger partial charge in [0.05, 0.1) is 24.9 Å². The van der Waals surface area contributed by atoms with Crippen LogP contribution in [0, 0.1) is 34.5 Å².